The Hall–Kier alpha value is -2.10. The summed E-state index contributed by atoms with van der Waals surface area (Å²) in [5, 5.41) is 6.13. The van der Waals surface area contributed by atoms with Crippen LogP contribution < -0.4 is 15.5 Å². The van der Waals surface area contributed by atoms with Gasteiger partial charge in [0.2, 0.25) is 0 Å². The lowest BCUT2D eigenvalue weighted by Gasteiger charge is -2.27. The van der Waals surface area contributed by atoms with E-state index in [0.717, 1.165) is 6.42 Å². The van der Waals surface area contributed by atoms with E-state index in [1.165, 1.54) is 22.4 Å². The Morgan fingerprint density at radius 3 is 1.90 bits per heavy atom. The van der Waals surface area contributed by atoms with Crippen molar-refractivity contribution in [3.05, 3.63) is 66.4 Å². The van der Waals surface area contributed by atoms with Crippen LogP contribution in [0.3, 0.4) is 0 Å². The van der Waals surface area contributed by atoms with Crippen molar-refractivity contribution in [1.29, 1.82) is 0 Å². The lowest BCUT2D eigenvalue weighted by Crippen LogP contribution is -2.28. The Bertz CT molecular complexity index is 680. The zero-order valence-electron chi connectivity index (χ0n) is 22.1. The first-order valence-electron chi connectivity index (χ1n) is 11.8. The smallest absolute Gasteiger partial charge is 0.0445 e. The molecular formula is C28H49N3. The molecule has 0 heterocycles. The first kappa shape index (κ1) is 31.1. The number of benzene rings is 2. The molecule has 0 saturated carbocycles. The molecule has 0 fully saturated rings. The maximum absolute atomic E-state index is 3.38. The number of rotatable bonds is 7. The average Bonchev–Trinajstić information content (AvgIpc) is 2.84. The molecule has 31 heavy (non-hydrogen) atoms. The molecule has 0 aliphatic heterocycles. The summed E-state index contributed by atoms with van der Waals surface area (Å²) >= 11 is 0. The van der Waals surface area contributed by atoms with E-state index in [9.17, 15) is 0 Å². The summed E-state index contributed by atoms with van der Waals surface area (Å²) in [6.45, 7) is 14.7. The molecule has 3 nitrogen and oxygen atoms in total. The molecule has 0 radical (unpaired) electrons. The summed E-state index contributed by atoms with van der Waals surface area (Å²) in [5.41, 5.74) is 5.17. The molecule has 0 spiro atoms. The Balaban J connectivity index is 0. The topological polar surface area (TPSA) is 27.3 Å². The molecule has 0 aromatic heterocycles. The van der Waals surface area contributed by atoms with Gasteiger partial charge in [0, 0.05) is 18.8 Å². The molecular weight excluding hydrogens is 378 g/mol. The fraction of sp³-hybridized carbons (Fsp3) is 0.500. The van der Waals surface area contributed by atoms with E-state index in [1.54, 1.807) is 0 Å². The lowest BCUT2D eigenvalue weighted by molar-refractivity contribution is 0.524. The number of anilines is 1. The van der Waals surface area contributed by atoms with Gasteiger partial charge in [-0.1, -0.05) is 90.1 Å². The summed E-state index contributed by atoms with van der Waals surface area (Å²) in [5.74, 6) is 0.437. The number of nitrogens with one attached hydrogen (secondary N) is 2. The second kappa shape index (κ2) is 19.8. The van der Waals surface area contributed by atoms with Crippen LogP contribution in [0.25, 0.3) is 11.1 Å². The predicted octanol–water partition coefficient (Wildman–Crippen LogP) is 7.31. The van der Waals surface area contributed by atoms with Gasteiger partial charge in [0.25, 0.3) is 0 Å². The summed E-state index contributed by atoms with van der Waals surface area (Å²) in [4.78, 5) is 2.24. The second-order valence-corrected chi connectivity index (χ2v) is 6.91. The first-order valence-corrected chi connectivity index (χ1v) is 11.8. The summed E-state index contributed by atoms with van der Waals surface area (Å²) < 4.78 is 0. The normalized spacial score (nSPS) is 11.7. The van der Waals surface area contributed by atoms with E-state index in [2.05, 4.69) is 104 Å². The monoisotopic (exact) mass is 427 g/mol. The molecule has 2 aromatic carbocycles. The number of likely N-dealkylation sites (N-methyl/N-ethyl adjacent to an activating group) is 1. The Kier molecular flexibility index (Phi) is 19.9. The molecule has 3 heteroatoms. The summed E-state index contributed by atoms with van der Waals surface area (Å²) in [6.07, 6.45) is 5.41. The van der Waals surface area contributed by atoms with Crippen molar-refractivity contribution in [2.75, 3.05) is 33.1 Å². The van der Waals surface area contributed by atoms with Crippen LogP contribution in [0.1, 0.15) is 66.4 Å². The minimum absolute atomic E-state index is 0.426. The lowest BCUT2D eigenvalue weighted by atomic mass is 9.90. The van der Waals surface area contributed by atoms with E-state index < -0.39 is 0 Å². The highest BCUT2D eigenvalue weighted by Crippen LogP contribution is 2.33. The largest absolute Gasteiger partial charge is 0.351 e. The van der Waals surface area contributed by atoms with Gasteiger partial charge in [-0.15, -0.1) is 0 Å². The highest BCUT2D eigenvalue weighted by molar-refractivity contribution is 5.71. The SMILES string of the molecule is CC.CC.CC/C=C\N(C)c1cc(-c2ccccc2)ccc1C(C)C(C)NC.CNC. The van der Waals surface area contributed by atoms with Gasteiger partial charge in [-0.3, -0.25) is 0 Å². The number of nitrogens with zero attached hydrogens (tertiary/aromatic N) is 1. The van der Waals surface area contributed by atoms with Gasteiger partial charge >= 0.3 is 0 Å². The van der Waals surface area contributed by atoms with Crippen molar-refractivity contribution in [3.8, 4) is 11.1 Å². The standard InChI is InChI=1S/C22H30N2.C2H7N.2C2H6/c1-6-7-15-24(5)22-16-20(19-11-9-8-10-12-19)13-14-21(22)17(2)18(3)23-4;1-3-2;2*1-2/h7-18,23H,6H2,1-5H3;3H,1-2H3;2*1-2H3/b15-7-;;;. The Labute approximate surface area is 194 Å². The Morgan fingerprint density at radius 1 is 0.871 bits per heavy atom. The molecule has 2 atom stereocenters. The van der Waals surface area contributed by atoms with E-state index in [4.69, 9.17) is 0 Å². The minimum Gasteiger partial charge on any atom is -0.351 e. The molecule has 2 N–H and O–H groups in total. The molecule has 0 saturated heterocycles. The van der Waals surface area contributed by atoms with Crippen LogP contribution in [-0.2, 0) is 0 Å². The van der Waals surface area contributed by atoms with Gasteiger partial charge in [-0.05, 0) is 69.4 Å². The van der Waals surface area contributed by atoms with Crippen molar-refractivity contribution >= 4 is 5.69 Å². The summed E-state index contributed by atoms with van der Waals surface area (Å²) in [7, 11) is 7.91. The molecule has 176 valence electrons. The van der Waals surface area contributed by atoms with Gasteiger partial charge < -0.3 is 15.5 Å². The zero-order valence-corrected chi connectivity index (χ0v) is 22.1. The van der Waals surface area contributed by atoms with Crippen LogP contribution >= 0.6 is 0 Å². The van der Waals surface area contributed by atoms with Crippen molar-refractivity contribution in [2.45, 2.75) is 66.8 Å². The highest BCUT2D eigenvalue weighted by atomic mass is 15.1. The zero-order chi connectivity index (χ0) is 24.2. The van der Waals surface area contributed by atoms with E-state index in [0.29, 0.717) is 12.0 Å². The molecule has 0 aliphatic rings. The maximum Gasteiger partial charge on any atom is 0.0445 e. The predicted molar refractivity (Wildman–Crippen MR) is 144 cm³/mol. The van der Waals surface area contributed by atoms with Gasteiger partial charge in [-0.25, -0.2) is 0 Å². The molecule has 2 unspecified atom stereocenters. The fourth-order valence-electron chi connectivity index (χ4n) is 2.91. The van der Waals surface area contributed by atoms with Crippen LogP contribution in [0.2, 0.25) is 0 Å². The summed E-state index contributed by atoms with van der Waals surface area (Å²) in [6, 6.07) is 17.8. The van der Waals surface area contributed by atoms with Crippen molar-refractivity contribution in [2.24, 2.45) is 0 Å². The molecule has 0 amide bonds. The van der Waals surface area contributed by atoms with Crippen molar-refractivity contribution in [3.63, 3.8) is 0 Å². The molecule has 0 bridgehead atoms. The average molecular weight is 428 g/mol. The third kappa shape index (κ3) is 11.2. The van der Waals surface area contributed by atoms with Gasteiger partial charge in [-0.2, -0.15) is 0 Å². The Morgan fingerprint density at radius 2 is 1.42 bits per heavy atom. The van der Waals surface area contributed by atoms with Crippen molar-refractivity contribution < 1.29 is 0 Å². The molecule has 0 aliphatic carbocycles. The fourth-order valence-corrected chi connectivity index (χ4v) is 2.91. The van der Waals surface area contributed by atoms with E-state index in [-0.39, 0.29) is 0 Å². The molecule has 2 aromatic rings. The van der Waals surface area contributed by atoms with Crippen LogP contribution in [-0.4, -0.2) is 34.2 Å². The van der Waals surface area contributed by atoms with Gasteiger partial charge in [0.1, 0.15) is 0 Å². The first-order chi connectivity index (χ1) is 15.0. The number of hydrogen-bond donors (Lipinski definition) is 2. The number of allylic oxidation sites excluding steroid dienone is 1. The molecule has 2 rings (SSSR count). The maximum atomic E-state index is 3.38. The van der Waals surface area contributed by atoms with E-state index >= 15 is 0 Å². The second-order valence-electron chi connectivity index (χ2n) is 6.91. The van der Waals surface area contributed by atoms with Crippen LogP contribution in [0, 0.1) is 0 Å². The van der Waals surface area contributed by atoms with Crippen LogP contribution in [0.4, 0.5) is 5.69 Å². The number of hydrogen-bond acceptors (Lipinski definition) is 3. The highest BCUT2D eigenvalue weighted by Gasteiger charge is 2.18. The minimum atomic E-state index is 0.426. The third-order valence-electron chi connectivity index (χ3n) is 4.78. The van der Waals surface area contributed by atoms with Crippen molar-refractivity contribution in [1.82, 2.24) is 10.6 Å². The van der Waals surface area contributed by atoms with Gasteiger partial charge in [0.15, 0.2) is 0 Å². The quantitative estimate of drug-likeness (QED) is 0.485. The van der Waals surface area contributed by atoms with Crippen LogP contribution in [0.5, 0.6) is 0 Å². The van der Waals surface area contributed by atoms with E-state index in [1.807, 2.05) is 48.8 Å². The van der Waals surface area contributed by atoms with Crippen LogP contribution in [0.15, 0.2) is 60.8 Å². The van der Waals surface area contributed by atoms with Gasteiger partial charge in [0.05, 0.1) is 0 Å². The third-order valence-corrected chi connectivity index (χ3v) is 4.78.